The van der Waals surface area contributed by atoms with Crippen LogP contribution in [0.15, 0.2) is 18.7 Å². The molecular weight excluding hydrogens is 318 g/mol. The van der Waals surface area contributed by atoms with Crippen LogP contribution in [0.25, 0.3) is 0 Å². The molecule has 0 bridgehead atoms. The van der Waals surface area contributed by atoms with E-state index in [-0.39, 0.29) is 5.91 Å². The number of carbonyl (C=O) groups is 1. The lowest BCUT2D eigenvalue weighted by Gasteiger charge is -2.25. The highest BCUT2D eigenvalue weighted by Crippen LogP contribution is 2.26. The van der Waals surface area contributed by atoms with E-state index in [1.807, 2.05) is 4.68 Å². The molecule has 1 aliphatic carbocycles. The molecule has 0 aromatic carbocycles. The molecule has 3 N–H and O–H groups in total. The Balaban J connectivity index is 1.56. The molecular formula is C17H27N7O. The van der Waals surface area contributed by atoms with Gasteiger partial charge in [-0.1, -0.05) is 19.1 Å². The summed E-state index contributed by atoms with van der Waals surface area (Å²) in [5.74, 6) is 0.309. The van der Waals surface area contributed by atoms with E-state index in [1.165, 1.54) is 0 Å². The van der Waals surface area contributed by atoms with Gasteiger partial charge in [0.05, 0.1) is 30.8 Å². The Hall–Kier alpha value is -2.22. The molecule has 1 aliphatic rings. The number of carbonyl (C=O) groups excluding carboxylic acids is 1. The van der Waals surface area contributed by atoms with E-state index in [1.54, 1.807) is 18.7 Å². The fourth-order valence-corrected chi connectivity index (χ4v) is 3.24. The van der Waals surface area contributed by atoms with E-state index in [0.29, 0.717) is 30.2 Å². The fourth-order valence-electron chi connectivity index (χ4n) is 3.24. The highest BCUT2D eigenvalue weighted by atomic mass is 16.2. The van der Waals surface area contributed by atoms with Gasteiger partial charge in [-0.05, 0) is 31.6 Å². The summed E-state index contributed by atoms with van der Waals surface area (Å²) in [5, 5.41) is 11.1. The molecule has 25 heavy (non-hydrogen) atoms. The van der Waals surface area contributed by atoms with Crippen LogP contribution in [0.3, 0.4) is 0 Å². The number of rotatable bonds is 6. The molecule has 2 aromatic heterocycles. The first-order chi connectivity index (χ1) is 12.0. The number of amides is 1. The summed E-state index contributed by atoms with van der Waals surface area (Å²) in [4.78, 5) is 16.5. The number of hydrogen-bond donors (Lipinski definition) is 2. The van der Waals surface area contributed by atoms with Crippen LogP contribution in [-0.2, 0) is 13.1 Å². The van der Waals surface area contributed by atoms with Gasteiger partial charge < -0.3 is 15.6 Å². The van der Waals surface area contributed by atoms with Crippen molar-refractivity contribution in [3.8, 4) is 0 Å². The second-order valence-corrected chi connectivity index (χ2v) is 7.27. The van der Waals surface area contributed by atoms with E-state index in [0.717, 1.165) is 37.9 Å². The number of nitrogens with one attached hydrogen (secondary N) is 1. The summed E-state index contributed by atoms with van der Waals surface area (Å²) >= 11 is 0. The van der Waals surface area contributed by atoms with Crippen molar-refractivity contribution in [3.05, 3.63) is 30.1 Å². The van der Waals surface area contributed by atoms with Crippen LogP contribution < -0.4 is 11.1 Å². The molecule has 136 valence electrons. The Morgan fingerprint density at radius 1 is 1.36 bits per heavy atom. The molecule has 8 nitrogen and oxygen atoms in total. The summed E-state index contributed by atoms with van der Waals surface area (Å²) in [6.45, 7) is 5.61. The van der Waals surface area contributed by atoms with Gasteiger partial charge in [-0.2, -0.15) is 0 Å². The normalized spacial score (nSPS) is 20.8. The van der Waals surface area contributed by atoms with E-state index < -0.39 is 0 Å². The van der Waals surface area contributed by atoms with Gasteiger partial charge in [-0.15, -0.1) is 5.10 Å². The third kappa shape index (κ3) is 4.45. The number of hydrogen-bond acceptors (Lipinski definition) is 5. The molecule has 1 amide bonds. The van der Waals surface area contributed by atoms with E-state index in [4.69, 9.17) is 5.73 Å². The zero-order chi connectivity index (χ0) is 17.8. The zero-order valence-corrected chi connectivity index (χ0v) is 14.9. The minimum atomic E-state index is -0.212. The van der Waals surface area contributed by atoms with Crippen LogP contribution in [0.5, 0.6) is 0 Å². The third-order valence-electron chi connectivity index (χ3n) is 4.65. The van der Waals surface area contributed by atoms with Gasteiger partial charge in [-0.25, -0.2) is 9.67 Å². The maximum absolute atomic E-state index is 12.3. The van der Waals surface area contributed by atoms with Gasteiger partial charge in [0.2, 0.25) is 0 Å². The van der Waals surface area contributed by atoms with Crippen molar-refractivity contribution < 1.29 is 4.79 Å². The minimum absolute atomic E-state index is 0.212. The van der Waals surface area contributed by atoms with Crippen LogP contribution in [0.4, 0.5) is 0 Å². The maximum Gasteiger partial charge on any atom is 0.273 e. The molecule has 2 heterocycles. The Kier molecular flexibility index (Phi) is 5.47. The fraction of sp³-hybridized carbons (Fsp3) is 0.647. The van der Waals surface area contributed by atoms with Crippen molar-refractivity contribution in [2.45, 2.75) is 64.7 Å². The molecule has 2 aromatic rings. The molecule has 0 radical (unpaired) electrons. The lowest BCUT2D eigenvalue weighted by molar-refractivity contribution is 0.0945. The monoisotopic (exact) mass is 345 g/mol. The van der Waals surface area contributed by atoms with Crippen LogP contribution >= 0.6 is 0 Å². The molecule has 0 spiro atoms. The number of nitrogens with zero attached hydrogens (tertiary/aromatic N) is 5. The van der Waals surface area contributed by atoms with Crippen LogP contribution in [0.2, 0.25) is 0 Å². The van der Waals surface area contributed by atoms with Crippen molar-refractivity contribution in [3.63, 3.8) is 0 Å². The summed E-state index contributed by atoms with van der Waals surface area (Å²) < 4.78 is 3.87. The van der Waals surface area contributed by atoms with Crippen molar-refractivity contribution >= 4 is 5.91 Å². The summed E-state index contributed by atoms with van der Waals surface area (Å²) in [6, 6.07) is 0.583. The predicted octanol–water partition coefficient (Wildman–Crippen LogP) is 1.50. The SMILES string of the molecule is CC(C)Cn1cncc1CNC(=O)c1cn(C2CCC(N)CC2)nn1. The van der Waals surface area contributed by atoms with Crippen LogP contribution in [-0.4, -0.2) is 36.5 Å². The molecule has 0 atom stereocenters. The average molecular weight is 345 g/mol. The van der Waals surface area contributed by atoms with Gasteiger partial charge in [-0.3, -0.25) is 4.79 Å². The van der Waals surface area contributed by atoms with E-state index in [2.05, 4.69) is 39.0 Å². The van der Waals surface area contributed by atoms with Gasteiger partial charge in [0.1, 0.15) is 0 Å². The molecule has 0 aliphatic heterocycles. The first kappa shape index (κ1) is 17.6. The first-order valence-electron chi connectivity index (χ1n) is 8.97. The third-order valence-corrected chi connectivity index (χ3v) is 4.65. The van der Waals surface area contributed by atoms with Crippen molar-refractivity contribution in [2.75, 3.05) is 0 Å². The molecule has 1 saturated carbocycles. The highest BCUT2D eigenvalue weighted by molar-refractivity contribution is 5.91. The van der Waals surface area contributed by atoms with Gasteiger partial charge in [0.25, 0.3) is 5.91 Å². The number of aromatic nitrogens is 5. The largest absolute Gasteiger partial charge is 0.345 e. The molecule has 0 saturated heterocycles. The number of imidazole rings is 1. The highest BCUT2D eigenvalue weighted by Gasteiger charge is 2.22. The summed E-state index contributed by atoms with van der Waals surface area (Å²) in [5.41, 5.74) is 7.27. The average Bonchev–Trinajstić information content (AvgIpc) is 3.22. The molecule has 0 unspecified atom stereocenters. The molecule has 8 heteroatoms. The summed E-state index contributed by atoms with van der Waals surface area (Å²) in [6.07, 6.45) is 9.27. The predicted molar refractivity (Wildman–Crippen MR) is 93.7 cm³/mol. The Morgan fingerprint density at radius 2 is 2.12 bits per heavy atom. The second kappa shape index (κ2) is 7.77. The Bertz CT molecular complexity index is 697. The topological polar surface area (TPSA) is 104 Å². The molecule has 1 fully saturated rings. The quantitative estimate of drug-likeness (QED) is 0.826. The Labute approximate surface area is 147 Å². The second-order valence-electron chi connectivity index (χ2n) is 7.27. The van der Waals surface area contributed by atoms with Crippen molar-refractivity contribution in [2.24, 2.45) is 11.7 Å². The van der Waals surface area contributed by atoms with Gasteiger partial charge >= 0.3 is 0 Å². The maximum atomic E-state index is 12.3. The Morgan fingerprint density at radius 3 is 2.84 bits per heavy atom. The summed E-state index contributed by atoms with van der Waals surface area (Å²) in [7, 11) is 0. The zero-order valence-electron chi connectivity index (χ0n) is 14.9. The van der Waals surface area contributed by atoms with E-state index >= 15 is 0 Å². The van der Waals surface area contributed by atoms with Gasteiger partial charge in [0, 0.05) is 18.8 Å². The van der Waals surface area contributed by atoms with E-state index in [9.17, 15) is 4.79 Å². The molecule has 3 rings (SSSR count). The van der Waals surface area contributed by atoms with Crippen LogP contribution in [0.1, 0.15) is 61.8 Å². The van der Waals surface area contributed by atoms with Crippen molar-refractivity contribution in [1.29, 1.82) is 0 Å². The number of nitrogens with two attached hydrogens (primary N) is 1. The standard InChI is InChI=1S/C17H27N7O/c1-12(2)9-23-11-19-7-15(23)8-20-17(25)16-10-24(22-21-16)14-5-3-13(18)4-6-14/h7,10-14H,3-6,8-9,18H2,1-2H3,(H,20,25). The minimum Gasteiger partial charge on any atom is -0.345 e. The lowest BCUT2D eigenvalue weighted by atomic mass is 9.92. The van der Waals surface area contributed by atoms with Gasteiger partial charge in [0.15, 0.2) is 5.69 Å². The smallest absolute Gasteiger partial charge is 0.273 e. The lowest BCUT2D eigenvalue weighted by Crippen LogP contribution is -2.28. The van der Waals surface area contributed by atoms with Crippen molar-refractivity contribution in [1.82, 2.24) is 29.9 Å². The van der Waals surface area contributed by atoms with Crippen LogP contribution in [0, 0.1) is 5.92 Å². The first-order valence-corrected chi connectivity index (χ1v) is 8.97.